The summed E-state index contributed by atoms with van der Waals surface area (Å²) in [5, 5.41) is 10.8. The predicted molar refractivity (Wildman–Crippen MR) is 78.6 cm³/mol. The Morgan fingerprint density at radius 3 is 2.38 bits per heavy atom. The zero-order chi connectivity index (χ0) is 15.0. The average molecular weight is 287 g/mol. The summed E-state index contributed by atoms with van der Waals surface area (Å²) in [7, 11) is 0. The molecular formula is C16H18FN3O. The maximum atomic E-state index is 13.0. The van der Waals surface area contributed by atoms with Crippen LogP contribution in [-0.2, 0) is 5.60 Å². The highest BCUT2D eigenvalue weighted by molar-refractivity contribution is 5.38. The largest absolute Gasteiger partial charge is 0.383 e. The Morgan fingerprint density at radius 1 is 1.14 bits per heavy atom. The van der Waals surface area contributed by atoms with Crippen LogP contribution in [0, 0.1) is 19.7 Å². The van der Waals surface area contributed by atoms with Crippen molar-refractivity contribution in [1.82, 2.24) is 9.97 Å². The summed E-state index contributed by atoms with van der Waals surface area (Å²) in [6.45, 7) is 4.96. The van der Waals surface area contributed by atoms with Crippen molar-refractivity contribution in [3.63, 3.8) is 0 Å². The van der Waals surface area contributed by atoms with Crippen LogP contribution in [0.3, 0.4) is 0 Å². The number of anilines is 1. The van der Waals surface area contributed by atoms with E-state index in [9.17, 15) is 9.50 Å². The Hall–Kier alpha value is -2.01. The van der Waals surface area contributed by atoms with Gasteiger partial charge in [0.2, 0.25) is 5.95 Å². The van der Waals surface area contributed by atoms with E-state index in [4.69, 9.17) is 0 Å². The number of β-amino-alcohol motifs (C(OH)–C–C–N with tert-alkyl or cyclic N) is 1. The normalized spacial score (nSPS) is 21.8. The van der Waals surface area contributed by atoms with E-state index in [0.717, 1.165) is 17.0 Å². The van der Waals surface area contributed by atoms with Gasteiger partial charge in [-0.3, -0.25) is 0 Å². The highest BCUT2D eigenvalue weighted by Crippen LogP contribution is 2.33. The van der Waals surface area contributed by atoms with E-state index in [1.165, 1.54) is 12.1 Å². The molecule has 0 spiro atoms. The van der Waals surface area contributed by atoms with Crippen LogP contribution in [0.15, 0.2) is 30.3 Å². The molecule has 1 aliphatic heterocycles. The molecule has 1 atom stereocenters. The average Bonchev–Trinajstić information content (AvgIpc) is 2.82. The lowest BCUT2D eigenvalue weighted by molar-refractivity contribution is 0.0605. The second-order valence-electron chi connectivity index (χ2n) is 5.66. The Bertz CT molecular complexity index is 639. The Balaban J connectivity index is 1.85. The van der Waals surface area contributed by atoms with E-state index in [2.05, 4.69) is 9.97 Å². The number of aliphatic hydroxyl groups is 1. The van der Waals surface area contributed by atoms with Crippen LogP contribution in [-0.4, -0.2) is 28.2 Å². The van der Waals surface area contributed by atoms with E-state index in [0.29, 0.717) is 25.5 Å². The van der Waals surface area contributed by atoms with Crippen LogP contribution in [0.5, 0.6) is 0 Å². The lowest BCUT2D eigenvalue weighted by Gasteiger charge is -2.24. The molecule has 0 aliphatic carbocycles. The summed E-state index contributed by atoms with van der Waals surface area (Å²) in [6.07, 6.45) is 0.578. The lowest BCUT2D eigenvalue weighted by Crippen LogP contribution is -2.31. The van der Waals surface area contributed by atoms with Gasteiger partial charge in [0.1, 0.15) is 11.4 Å². The molecule has 0 saturated carbocycles. The fraction of sp³-hybridized carbons (Fsp3) is 0.375. The molecule has 1 aromatic heterocycles. The Morgan fingerprint density at radius 2 is 1.76 bits per heavy atom. The highest BCUT2D eigenvalue weighted by atomic mass is 19.1. The lowest BCUT2D eigenvalue weighted by atomic mass is 9.93. The van der Waals surface area contributed by atoms with Crippen molar-refractivity contribution >= 4 is 5.95 Å². The highest BCUT2D eigenvalue weighted by Gasteiger charge is 2.38. The van der Waals surface area contributed by atoms with Gasteiger partial charge in [-0.05, 0) is 44.0 Å². The number of halogens is 1. The maximum absolute atomic E-state index is 13.0. The molecule has 1 N–H and O–H groups in total. The Kier molecular flexibility index (Phi) is 3.37. The van der Waals surface area contributed by atoms with Crippen LogP contribution in [0.4, 0.5) is 10.3 Å². The van der Waals surface area contributed by atoms with Crippen LogP contribution >= 0.6 is 0 Å². The molecule has 5 heteroatoms. The zero-order valence-electron chi connectivity index (χ0n) is 12.2. The second-order valence-corrected chi connectivity index (χ2v) is 5.66. The van der Waals surface area contributed by atoms with Gasteiger partial charge in [0.05, 0.1) is 6.54 Å². The molecule has 21 heavy (non-hydrogen) atoms. The first-order chi connectivity index (χ1) is 9.96. The number of hydrogen-bond acceptors (Lipinski definition) is 4. The van der Waals surface area contributed by atoms with E-state index in [1.54, 1.807) is 12.1 Å². The standard InChI is InChI=1S/C16H18FN3O/c1-11-9-12(2)19-15(18-11)20-8-7-16(21,10-20)13-3-5-14(17)6-4-13/h3-6,9,21H,7-8,10H2,1-2H3/t16-/m1/s1. The second kappa shape index (κ2) is 5.07. The van der Waals surface area contributed by atoms with Gasteiger partial charge in [-0.2, -0.15) is 0 Å². The van der Waals surface area contributed by atoms with E-state index in [1.807, 2.05) is 24.8 Å². The third-order valence-electron chi connectivity index (χ3n) is 3.88. The topological polar surface area (TPSA) is 49.2 Å². The van der Waals surface area contributed by atoms with Gasteiger partial charge in [0.25, 0.3) is 0 Å². The quantitative estimate of drug-likeness (QED) is 0.921. The molecule has 1 saturated heterocycles. The first-order valence-electron chi connectivity index (χ1n) is 7.02. The summed E-state index contributed by atoms with van der Waals surface area (Å²) in [5.41, 5.74) is 1.58. The third kappa shape index (κ3) is 2.74. The van der Waals surface area contributed by atoms with Crippen LogP contribution in [0.1, 0.15) is 23.4 Å². The van der Waals surface area contributed by atoms with Gasteiger partial charge < -0.3 is 10.0 Å². The number of aryl methyl sites for hydroxylation is 2. The predicted octanol–water partition coefficient (Wildman–Crippen LogP) is 2.33. The smallest absolute Gasteiger partial charge is 0.225 e. The minimum Gasteiger partial charge on any atom is -0.383 e. The monoisotopic (exact) mass is 287 g/mol. The summed E-state index contributed by atoms with van der Waals surface area (Å²) >= 11 is 0. The van der Waals surface area contributed by atoms with E-state index >= 15 is 0 Å². The zero-order valence-corrected chi connectivity index (χ0v) is 12.2. The molecule has 0 unspecified atom stereocenters. The molecule has 2 heterocycles. The molecule has 110 valence electrons. The van der Waals surface area contributed by atoms with Crippen molar-refractivity contribution in [2.45, 2.75) is 25.9 Å². The molecule has 1 aliphatic rings. The Labute approximate surface area is 123 Å². The third-order valence-corrected chi connectivity index (χ3v) is 3.88. The van der Waals surface area contributed by atoms with Gasteiger partial charge in [-0.15, -0.1) is 0 Å². The van der Waals surface area contributed by atoms with Crippen molar-refractivity contribution in [3.8, 4) is 0 Å². The van der Waals surface area contributed by atoms with Crippen LogP contribution in [0.2, 0.25) is 0 Å². The molecule has 3 rings (SSSR count). The molecule has 0 bridgehead atoms. The van der Waals surface area contributed by atoms with Crippen molar-refractivity contribution < 1.29 is 9.50 Å². The van der Waals surface area contributed by atoms with E-state index < -0.39 is 5.60 Å². The fourth-order valence-electron chi connectivity index (χ4n) is 2.81. The van der Waals surface area contributed by atoms with Gasteiger partial charge in [0.15, 0.2) is 0 Å². The maximum Gasteiger partial charge on any atom is 0.225 e. The molecular weight excluding hydrogens is 269 g/mol. The fourth-order valence-corrected chi connectivity index (χ4v) is 2.81. The molecule has 1 aromatic carbocycles. The molecule has 0 amide bonds. The first kappa shape index (κ1) is 13.9. The van der Waals surface area contributed by atoms with E-state index in [-0.39, 0.29) is 5.82 Å². The first-order valence-corrected chi connectivity index (χ1v) is 7.02. The SMILES string of the molecule is Cc1cc(C)nc(N2CC[C@](O)(c3ccc(F)cc3)C2)n1. The number of hydrogen-bond donors (Lipinski definition) is 1. The molecule has 0 radical (unpaired) electrons. The van der Waals surface area contributed by atoms with Gasteiger partial charge in [-0.1, -0.05) is 12.1 Å². The summed E-state index contributed by atoms with van der Waals surface area (Å²) < 4.78 is 13.0. The summed E-state index contributed by atoms with van der Waals surface area (Å²) in [4.78, 5) is 10.8. The summed E-state index contributed by atoms with van der Waals surface area (Å²) in [5.74, 6) is 0.348. The van der Waals surface area contributed by atoms with Crippen molar-refractivity contribution in [2.75, 3.05) is 18.0 Å². The van der Waals surface area contributed by atoms with Gasteiger partial charge in [0, 0.05) is 17.9 Å². The number of nitrogens with zero attached hydrogens (tertiary/aromatic N) is 3. The summed E-state index contributed by atoms with van der Waals surface area (Å²) in [6, 6.07) is 7.96. The van der Waals surface area contributed by atoms with Gasteiger partial charge >= 0.3 is 0 Å². The van der Waals surface area contributed by atoms with Crippen LogP contribution < -0.4 is 4.90 Å². The van der Waals surface area contributed by atoms with Crippen molar-refractivity contribution in [3.05, 3.63) is 53.1 Å². The number of aromatic nitrogens is 2. The number of benzene rings is 1. The minimum atomic E-state index is -0.977. The van der Waals surface area contributed by atoms with Gasteiger partial charge in [-0.25, -0.2) is 14.4 Å². The van der Waals surface area contributed by atoms with Crippen molar-refractivity contribution in [2.24, 2.45) is 0 Å². The molecule has 1 fully saturated rings. The molecule has 2 aromatic rings. The van der Waals surface area contributed by atoms with Crippen LogP contribution in [0.25, 0.3) is 0 Å². The van der Waals surface area contributed by atoms with Crippen molar-refractivity contribution in [1.29, 1.82) is 0 Å². The molecule has 4 nitrogen and oxygen atoms in total. The number of rotatable bonds is 2. The minimum absolute atomic E-state index is 0.296.